The van der Waals surface area contributed by atoms with Crippen LogP contribution in [0.3, 0.4) is 0 Å². The SMILES string of the molecule is Cc1ccc(S[C@@H]2O[C@@H]3COC(c4ccccc4)O[C@H]3[C@H](OCc3ccccc3)[C@@H]2OCc2ccccc2)cc1. The van der Waals surface area contributed by atoms with Gasteiger partial charge < -0.3 is 23.7 Å². The first-order valence-electron chi connectivity index (χ1n) is 13.7. The minimum atomic E-state index is -0.495. The molecule has 0 aliphatic carbocycles. The van der Waals surface area contributed by atoms with Gasteiger partial charge in [-0.05, 0) is 30.2 Å². The molecule has 6 atom stereocenters. The summed E-state index contributed by atoms with van der Waals surface area (Å²) in [6.07, 6.45) is -1.91. The van der Waals surface area contributed by atoms with Gasteiger partial charge in [-0.15, -0.1) is 0 Å². The van der Waals surface area contributed by atoms with Crippen LogP contribution in [0.2, 0.25) is 0 Å². The van der Waals surface area contributed by atoms with Crippen LogP contribution in [-0.4, -0.2) is 36.5 Å². The zero-order valence-corrected chi connectivity index (χ0v) is 23.3. The second-order valence-electron chi connectivity index (χ2n) is 10.2. The van der Waals surface area contributed by atoms with Crippen LogP contribution in [0, 0.1) is 6.92 Å². The first-order valence-corrected chi connectivity index (χ1v) is 14.6. The van der Waals surface area contributed by atoms with Gasteiger partial charge in [-0.25, -0.2) is 0 Å². The number of benzene rings is 4. The molecule has 6 heteroatoms. The maximum atomic E-state index is 6.71. The highest BCUT2D eigenvalue weighted by molar-refractivity contribution is 7.99. The Labute approximate surface area is 240 Å². The van der Waals surface area contributed by atoms with Gasteiger partial charge in [-0.2, -0.15) is 0 Å². The van der Waals surface area contributed by atoms with Crippen molar-refractivity contribution >= 4 is 11.8 Å². The van der Waals surface area contributed by atoms with Gasteiger partial charge in [0.25, 0.3) is 0 Å². The molecule has 4 aromatic rings. The van der Waals surface area contributed by atoms with Crippen molar-refractivity contribution in [3.63, 3.8) is 0 Å². The number of rotatable bonds is 9. The number of ether oxygens (including phenoxy) is 5. The van der Waals surface area contributed by atoms with E-state index in [2.05, 4.69) is 55.5 Å². The number of fused-ring (bicyclic) bond motifs is 1. The van der Waals surface area contributed by atoms with E-state index < -0.39 is 6.29 Å². The van der Waals surface area contributed by atoms with Crippen molar-refractivity contribution < 1.29 is 23.7 Å². The second kappa shape index (κ2) is 13.1. The quantitative estimate of drug-likeness (QED) is 0.220. The van der Waals surface area contributed by atoms with Crippen molar-refractivity contribution in [1.82, 2.24) is 0 Å². The van der Waals surface area contributed by atoms with Crippen LogP contribution in [0.5, 0.6) is 0 Å². The molecule has 1 unspecified atom stereocenters. The van der Waals surface area contributed by atoms with Crippen molar-refractivity contribution in [3.8, 4) is 0 Å². The molecule has 2 saturated heterocycles. The summed E-state index contributed by atoms with van der Waals surface area (Å²) in [4.78, 5) is 1.11. The Balaban J connectivity index is 1.30. The molecule has 0 radical (unpaired) electrons. The van der Waals surface area contributed by atoms with E-state index in [1.165, 1.54) is 5.56 Å². The molecule has 0 bridgehead atoms. The van der Waals surface area contributed by atoms with Crippen LogP contribution in [0.25, 0.3) is 0 Å². The number of hydrogen-bond acceptors (Lipinski definition) is 6. The summed E-state index contributed by atoms with van der Waals surface area (Å²) >= 11 is 1.66. The molecular weight excluding hydrogens is 520 g/mol. The molecule has 5 nitrogen and oxygen atoms in total. The number of thioether (sulfide) groups is 1. The third kappa shape index (κ3) is 6.66. The lowest BCUT2D eigenvalue weighted by molar-refractivity contribution is -0.329. The van der Waals surface area contributed by atoms with Gasteiger partial charge in [-0.3, -0.25) is 0 Å². The smallest absolute Gasteiger partial charge is 0.184 e. The summed E-state index contributed by atoms with van der Waals surface area (Å²) in [6, 6.07) is 39.0. The fourth-order valence-corrected chi connectivity index (χ4v) is 6.20. The highest BCUT2D eigenvalue weighted by Crippen LogP contribution is 2.41. The van der Waals surface area contributed by atoms with Gasteiger partial charge in [0.15, 0.2) is 6.29 Å². The van der Waals surface area contributed by atoms with Crippen molar-refractivity contribution in [2.45, 2.75) is 61.2 Å². The Morgan fingerprint density at radius 1 is 0.675 bits per heavy atom. The predicted octanol–water partition coefficient (Wildman–Crippen LogP) is 7.10. The lowest BCUT2D eigenvalue weighted by Gasteiger charge is -2.49. The molecule has 6 rings (SSSR count). The third-order valence-corrected chi connectivity index (χ3v) is 8.36. The first kappa shape index (κ1) is 27.2. The monoisotopic (exact) mass is 554 g/mol. The summed E-state index contributed by atoms with van der Waals surface area (Å²) in [5.41, 5.74) is 4.08. The lowest BCUT2D eigenvalue weighted by atomic mass is 9.98. The highest BCUT2D eigenvalue weighted by atomic mass is 32.2. The van der Waals surface area contributed by atoms with Crippen molar-refractivity contribution in [2.24, 2.45) is 0 Å². The Kier molecular flexibility index (Phi) is 8.93. The van der Waals surface area contributed by atoms with Crippen LogP contribution < -0.4 is 0 Å². The van der Waals surface area contributed by atoms with E-state index >= 15 is 0 Å². The Morgan fingerprint density at radius 3 is 1.88 bits per heavy atom. The van der Waals surface area contributed by atoms with Crippen molar-refractivity contribution in [1.29, 1.82) is 0 Å². The van der Waals surface area contributed by atoms with Gasteiger partial charge in [0, 0.05) is 10.5 Å². The predicted molar refractivity (Wildman–Crippen MR) is 156 cm³/mol. The van der Waals surface area contributed by atoms with Crippen molar-refractivity contribution in [2.75, 3.05) is 6.61 Å². The standard InChI is InChI=1S/C34H34O5S/c1-24-17-19-28(20-18-24)40-34-32(36-22-26-13-7-3-8-14-26)31(35-21-25-11-5-2-6-12-25)30-29(38-34)23-37-33(39-30)27-15-9-4-10-16-27/h2-20,29-34H,21-23H2,1H3/t29-,30-,31+,32+,33?,34+/m1/s1. The van der Waals surface area contributed by atoms with Crippen molar-refractivity contribution in [3.05, 3.63) is 138 Å². The molecule has 2 heterocycles. The van der Waals surface area contributed by atoms with E-state index in [0.29, 0.717) is 19.8 Å². The van der Waals surface area contributed by atoms with Crippen LogP contribution in [0.15, 0.2) is 120 Å². The van der Waals surface area contributed by atoms with Crippen LogP contribution in [0.1, 0.15) is 28.5 Å². The summed E-state index contributed by atoms with van der Waals surface area (Å²) in [6.45, 7) is 3.39. The molecule has 0 saturated carbocycles. The molecule has 2 aliphatic heterocycles. The summed E-state index contributed by atoms with van der Waals surface area (Å²) in [7, 11) is 0. The molecule has 0 N–H and O–H groups in total. The maximum absolute atomic E-state index is 6.71. The van der Waals surface area contributed by atoms with E-state index in [4.69, 9.17) is 23.7 Å². The lowest BCUT2D eigenvalue weighted by Crippen LogP contribution is -2.62. The zero-order chi connectivity index (χ0) is 27.1. The zero-order valence-electron chi connectivity index (χ0n) is 22.5. The average molecular weight is 555 g/mol. The number of hydrogen-bond donors (Lipinski definition) is 0. The summed E-state index contributed by atoms with van der Waals surface area (Å²) < 4.78 is 32.9. The average Bonchev–Trinajstić information content (AvgIpc) is 3.01. The Bertz CT molecular complexity index is 1320. The maximum Gasteiger partial charge on any atom is 0.184 e. The summed E-state index contributed by atoms with van der Waals surface area (Å²) in [5, 5.41) is 0. The minimum absolute atomic E-state index is 0.291. The third-order valence-electron chi connectivity index (χ3n) is 7.20. The molecule has 2 aliphatic rings. The normalized spacial score (nSPS) is 26.2. The second-order valence-corrected chi connectivity index (χ2v) is 11.3. The van der Waals surface area contributed by atoms with Gasteiger partial charge in [0.1, 0.15) is 29.9 Å². The van der Waals surface area contributed by atoms with Gasteiger partial charge >= 0.3 is 0 Å². The molecule has 40 heavy (non-hydrogen) atoms. The van der Waals surface area contributed by atoms with Gasteiger partial charge in [-0.1, -0.05) is 120 Å². The molecule has 206 valence electrons. The highest BCUT2D eigenvalue weighted by Gasteiger charge is 2.51. The topological polar surface area (TPSA) is 46.2 Å². The molecule has 0 amide bonds. The minimum Gasteiger partial charge on any atom is -0.368 e. The van der Waals surface area contributed by atoms with E-state index in [1.807, 2.05) is 66.7 Å². The fraction of sp³-hybridized carbons (Fsp3) is 0.294. The summed E-state index contributed by atoms with van der Waals surface area (Å²) in [5.74, 6) is 0. The first-order chi connectivity index (χ1) is 19.7. The van der Waals surface area contributed by atoms with Gasteiger partial charge in [0.2, 0.25) is 0 Å². The van der Waals surface area contributed by atoms with E-state index in [9.17, 15) is 0 Å². The Hall–Kier alpha value is -2.97. The van der Waals surface area contributed by atoms with Crippen LogP contribution in [-0.2, 0) is 36.9 Å². The van der Waals surface area contributed by atoms with E-state index in [-0.39, 0.29) is 29.9 Å². The molecule has 0 aromatic heterocycles. The van der Waals surface area contributed by atoms with Gasteiger partial charge in [0.05, 0.1) is 19.8 Å². The van der Waals surface area contributed by atoms with E-state index in [0.717, 1.165) is 21.6 Å². The van der Waals surface area contributed by atoms with Crippen LogP contribution in [0.4, 0.5) is 0 Å². The van der Waals surface area contributed by atoms with E-state index in [1.54, 1.807) is 11.8 Å². The molecule has 4 aromatic carbocycles. The Morgan fingerprint density at radius 2 is 1.25 bits per heavy atom. The molecule has 0 spiro atoms. The molecular formula is C34H34O5S. The largest absolute Gasteiger partial charge is 0.368 e. The van der Waals surface area contributed by atoms with Crippen LogP contribution >= 0.6 is 11.8 Å². The fourth-order valence-electron chi connectivity index (χ4n) is 5.07. The molecule has 2 fully saturated rings. The number of aryl methyl sites for hydroxylation is 1.